The molecule has 0 atom stereocenters. The fourth-order valence-electron chi connectivity index (χ4n) is 2.17. The SMILES string of the molecule is CC(=O)Oc1ccc2nc(Cc3ccccc3)oc(=O)c2c1. The van der Waals surface area contributed by atoms with Crippen LogP contribution < -0.4 is 10.4 Å². The Morgan fingerprint density at radius 3 is 2.68 bits per heavy atom. The first kappa shape index (κ1) is 14.0. The fraction of sp³-hybridized carbons (Fsp3) is 0.118. The number of benzene rings is 2. The van der Waals surface area contributed by atoms with E-state index in [9.17, 15) is 9.59 Å². The molecule has 3 rings (SSSR count). The molecule has 0 aliphatic carbocycles. The second-order valence-corrected chi connectivity index (χ2v) is 4.83. The van der Waals surface area contributed by atoms with Gasteiger partial charge in [-0.05, 0) is 23.8 Å². The molecule has 3 aromatic rings. The zero-order valence-corrected chi connectivity index (χ0v) is 11.9. The zero-order valence-electron chi connectivity index (χ0n) is 11.9. The first-order valence-electron chi connectivity index (χ1n) is 6.78. The van der Waals surface area contributed by atoms with Crippen molar-refractivity contribution in [2.75, 3.05) is 0 Å². The van der Waals surface area contributed by atoms with Gasteiger partial charge in [-0.25, -0.2) is 9.78 Å². The maximum absolute atomic E-state index is 12.1. The Morgan fingerprint density at radius 1 is 1.18 bits per heavy atom. The van der Waals surface area contributed by atoms with E-state index in [0.29, 0.717) is 23.6 Å². The number of fused-ring (bicyclic) bond motifs is 1. The van der Waals surface area contributed by atoms with Crippen LogP contribution in [0.5, 0.6) is 5.75 Å². The van der Waals surface area contributed by atoms with Gasteiger partial charge in [-0.3, -0.25) is 4.79 Å². The van der Waals surface area contributed by atoms with Crippen LogP contribution in [0.15, 0.2) is 57.7 Å². The molecule has 0 aliphatic rings. The highest BCUT2D eigenvalue weighted by Gasteiger charge is 2.09. The third-order valence-electron chi connectivity index (χ3n) is 3.10. The lowest BCUT2D eigenvalue weighted by molar-refractivity contribution is -0.131. The Labute approximate surface area is 126 Å². The third kappa shape index (κ3) is 3.03. The number of carbonyl (C=O) groups is 1. The molecular weight excluding hydrogens is 282 g/mol. The minimum Gasteiger partial charge on any atom is -0.427 e. The fourth-order valence-corrected chi connectivity index (χ4v) is 2.17. The topological polar surface area (TPSA) is 69.4 Å². The van der Waals surface area contributed by atoms with E-state index < -0.39 is 11.6 Å². The lowest BCUT2D eigenvalue weighted by atomic mass is 10.1. The van der Waals surface area contributed by atoms with E-state index in [4.69, 9.17) is 9.15 Å². The second-order valence-electron chi connectivity index (χ2n) is 4.83. The van der Waals surface area contributed by atoms with E-state index in [-0.39, 0.29) is 5.39 Å². The van der Waals surface area contributed by atoms with Crippen LogP contribution in [0.25, 0.3) is 10.9 Å². The normalized spacial score (nSPS) is 10.6. The van der Waals surface area contributed by atoms with Crippen LogP contribution >= 0.6 is 0 Å². The summed E-state index contributed by atoms with van der Waals surface area (Å²) < 4.78 is 10.2. The van der Waals surface area contributed by atoms with E-state index in [1.54, 1.807) is 12.1 Å². The molecule has 0 radical (unpaired) electrons. The molecule has 22 heavy (non-hydrogen) atoms. The van der Waals surface area contributed by atoms with Crippen molar-refractivity contribution in [1.82, 2.24) is 4.98 Å². The predicted molar refractivity (Wildman–Crippen MR) is 80.8 cm³/mol. The van der Waals surface area contributed by atoms with E-state index in [1.807, 2.05) is 30.3 Å². The van der Waals surface area contributed by atoms with Crippen molar-refractivity contribution in [3.63, 3.8) is 0 Å². The molecule has 0 saturated heterocycles. The smallest absolute Gasteiger partial charge is 0.346 e. The summed E-state index contributed by atoms with van der Waals surface area (Å²) in [7, 11) is 0. The quantitative estimate of drug-likeness (QED) is 0.549. The molecule has 5 heteroatoms. The van der Waals surface area contributed by atoms with Crippen molar-refractivity contribution in [3.05, 3.63) is 70.4 Å². The number of aromatic nitrogens is 1. The Bertz CT molecular complexity index is 884. The van der Waals surface area contributed by atoms with E-state index >= 15 is 0 Å². The lowest BCUT2D eigenvalue weighted by Gasteiger charge is -2.04. The summed E-state index contributed by atoms with van der Waals surface area (Å²) >= 11 is 0. The largest absolute Gasteiger partial charge is 0.427 e. The summed E-state index contributed by atoms with van der Waals surface area (Å²) in [6.45, 7) is 1.30. The van der Waals surface area contributed by atoms with Crippen LogP contribution in [-0.4, -0.2) is 11.0 Å². The monoisotopic (exact) mass is 295 g/mol. The molecule has 0 N–H and O–H groups in total. The maximum atomic E-state index is 12.1. The average molecular weight is 295 g/mol. The van der Waals surface area contributed by atoms with Crippen molar-refractivity contribution in [2.45, 2.75) is 13.3 Å². The summed E-state index contributed by atoms with van der Waals surface area (Å²) in [6.07, 6.45) is 0.442. The highest BCUT2D eigenvalue weighted by molar-refractivity contribution is 5.80. The van der Waals surface area contributed by atoms with E-state index in [0.717, 1.165) is 5.56 Å². The molecule has 0 aliphatic heterocycles. The molecule has 2 aromatic carbocycles. The van der Waals surface area contributed by atoms with Gasteiger partial charge in [0.2, 0.25) is 5.89 Å². The molecular formula is C17H13NO4. The molecule has 0 saturated carbocycles. The van der Waals surface area contributed by atoms with Gasteiger partial charge in [-0.2, -0.15) is 0 Å². The first-order chi connectivity index (χ1) is 10.6. The van der Waals surface area contributed by atoms with E-state index in [2.05, 4.69) is 4.98 Å². The van der Waals surface area contributed by atoms with Gasteiger partial charge < -0.3 is 9.15 Å². The van der Waals surface area contributed by atoms with Gasteiger partial charge in [0.1, 0.15) is 5.75 Å². The van der Waals surface area contributed by atoms with Gasteiger partial charge >= 0.3 is 11.6 Å². The minimum absolute atomic E-state index is 0.288. The van der Waals surface area contributed by atoms with Crippen LogP contribution in [0.2, 0.25) is 0 Å². The van der Waals surface area contributed by atoms with Crippen LogP contribution in [0, 0.1) is 0 Å². The average Bonchev–Trinajstić information content (AvgIpc) is 2.48. The Balaban J connectivity index is 1.99. The van der Waals surface area contributed by atoms with Crippen LogP contribution in [0.3, 0.4) is 0 Å². The minimum atomic E-state index is -0.495. The van der Waals surface area contributed by atoms with Gasteiger partial charge in [-0.15, -0.1) is 0 Å². The predicted octanol–water partition coefficient (Wildman–Crippen LogP) is 2.70. The van der Waals surface area contributed by atoms with E-state index in [1.165, 1.54) is 13.0 Å². The Kier molecular flexibility index (Phi) is 3.70. The number of esters is 1. The summed E-state index contributed by atoms with van der Waals surface area (Å²) in [4.78, 5) is 27.4. The first-order valence-corrected chi connectivity index (χ1v) is 6.78. The number of hydrogen-bond acceptors (Lipinski definition) is 5. The Hall–Kier alpha value is -2.95. The van der Waals surface area contributed by atoms with Crippen LogP contribution in [-0.2, 0) is 11.2 Å². The molecule has 1 aromatic heterocycles. The molecule has 0 bridgehead atoms. The molecule has 0 fully saturated rings. The van der Waals surface area contributed by atoms with Gasteiger partial charge in [0.15, 0.2) is 0 Å². The summed E-state index contributed by atoms with van der Waals surface area (Å²) in [5, 5.41) is 0.288. The maximum Gasteiger partial charge on any atom is 0.346 e. The van der Waals surface area contributed by atoms with Crippen molar-refractivity contribution >= 4 is 16.9 Å². The molecule has 5 nitrogen and oxygen atoms in total. The van der Waals surface area contributed by atoms with Crippen molar-refractivity contribution in [3.8, 4) is 5.75 Å². The number of carbonyl (C=O) groups excluding carboxylic acids is 1. The summed E-state index contributed by atoms with van der Waals surface area (Å²) in [5.74, 6) is 0.200. The van der Waals surface area contributed by atoms with Gasteiger partial charge in [0.05, 0.1) is 10.9 Å². The third-order valence-corrected chi connectivity index (χ3v) is 3.10. The standard InChI is InChI=1S/C17H13NO4/c1-11(19)21-13-7-8-15-14(10-13)17(20)22-16(18-15)9-12-5-3-2-4-6-12/h2-8,10H,9H2,1H3. The molecule has 110 valence electrons. The number of hydrogen-bond donors (Lipinski definition) is 0. The molecule has 1 heterocycles. The molecule has 0 amide bonds. The van der Waals surface area contributed by atoms with Gasteiger partial charge in [-0.1, -0.05) is 30.3 Å². The highest BCUT2D eigenvalue weighted by Crippen LogP contribution is 2.18. The Morgan fingerprint density at radius 2 is 1.95 bits per heavy atom. The van der Waals surface area contributed by atoms with Gasteiger partial charge in [0.25, 0.3) is 0 Å². The number of rotatable bonds is 3. The molecule has 0 spiro atoms. The number of nitrogens with zero attached hydrogens (tertiary/aromatic N) is 1. The van der Waals surface area contributed by atoms with Crippen molar-refractivity contribution in [2.24, 2.45) is 0 Å². The summed E-state index contributed by atoms with van der Waals surface area (Å²) in [6, 6.07) is 14.3. The second kappa shape index (κ2) is 5.81. The van der Waals surface area contributed by atoms with Gasteiger partial charge in [0, 0.05) is 13.3 Å². The van der Waals surface area contributed by atoms with Crippen LogP contribution in [0.1, 0.15) is 18.4 Å². The van der Waals surface area contributed by atoms with Crippen molar-refractivity contribution in [1.29, 1.82) is 0 Å². The summed E-state index contributed by atoms with van der Waals surface area (Å²) in [5.41, 5.74) is 1.03. The number of ether oxygens (including phenoxy) is 1. The highest BCUT2D eigenvalue weighted by atomic mass is 16.5. The lowest BCUT2D eigenvalue weighted by Crippen LogP contribution is -2.07. The van der Waals surface area contributed by atoms with Crippen LogP contribution in [0.4, 0.5) is 0 Å². The zero-order chi connectivity index (χ0) is 15.5. The van der Waals surface area contributed by atoms with Crippen molar-refractivity contribution < 1.29 is 13.9 Å². The molecule has 0 unspecified atom stereocenters.